The predicted molar refractivity (Wildman–Crippen MR) is 118 cm³/mol. The molecule has 2 aromatic heterocycles. The molecule has 32 heavy (non-hydrogen) atoms. The number of rotatable bonds is 5. The van der Waals surface area contributed by atoms with Crippen molar-refractivity contribution in [1.82, 2.24) is 24.0 Å². The lowest BCUT2D eigenvalue weighted by atomic mass is 9.86. The Hall–Kier alpha value is -2.56. The smallest absolute Gasteiger partial charge is 0.327 e. The molecule has 1 aromatic carbocycles. The third kappa shape index (κ3) is 4.22. The van der Waals surface area contributed by atoms with Crippen molar-refractivity contribution < 1.29 is 17.2 Å². The Balaban J connectivity index is 1.70. The molecule has 1 fully saturated rings. The van der Waals surface area contributed by atoms with Gasteiger partial charge in [-0.3, -0.25) is 4.31 Å². The van der Waals surface area contributed by atoms with Gasteiger partial charge in [0, 0.05) is 31.8 Å². The Kier molecular flexibility index (Phi) is 5.51. The molecule has 11 heteroatoms. The second kappa shape index (κ2) is 7.79. The molecule has 0 spiro atoms. The van der Waals surface area contributed by atoms with E-state index in [2.05, 4.69) is 35.7 Å². The Morgan fingerprint density at radius 3 is 2.50 bits per heavy atom. The van der Waals surface area contributed by atoms with Crippen LogP contribution in [0.3, 0.4) is 0 Å². The molecular weight excluding hydrogens is 438 g/mol. The molecule has 0 atom stereocenters. The van der Waals surface area contributed by atoms with Crippen LogP contribution < -0.4 is 4.31 Å². The Morgan fingerprint density at radius 2 is 1.91 bits per heavy atom. The van der Waals surface area contributed by atoms with Crippen LogP contribution in [0.1, 0.15) is 52.3 Å². The van der Waals surface area contributed by atoms with E-state index in [1.165, 1.54) is 19.4 Å². The fourth-order valence-electron chi connectivity index (χ4n) is 4.19. The van der Waals surface area contributed by atoms with Crippen molar-refractivity contribution in [3.05, 3.63) is 36.4 Å². The first-order valence-corrected chi connectivity index (χ1v) is 12.0. The van der Waals surface area contributed by atoms with Crippen LogP contribution in [0.2, 0.25) is 0 Å². The zero-order valence-electron chi connectivity index (χ0n) is 18.7. The molecule has 1 aliphatic carbocycles. The lowest BCUT2D eigenvalue weighted by Crippen LogP contribution is -2.32. The van der Waals surface area contributed by atoms with Gasteiger partial charge in [0.05, 0.1) is 29.1 Å². The van der Waals surface area contributed by atoms with E-state index in [0.717, 1.165) is 19.7 Å². The molecule has 0 saturated heterocycles. The average Bonchev–Trinajstić information content (AvgIpc) is 3.37. The van der Waals surface area contributed by atoms with Crippen molar-refractivity contribution in [2.45, 2.75) is 64.3 Å². The van der Waals surface area contributed by atoms with Crippen molar-refractivity contribution in [3.8, 4) is 0 Å². The first-order valence-electron chi connectivity index (χ1n) is 10.6. The summed E-state index contributed by atoms with van der Waals surface area (Å²) in [5.74, 6) is -1.55. The third-order valence-corrected chi connectivity index (χ3v) is 7.60. The summed E-state index contributed by atoms with van der Waals surface area (Å²) >= 11 is 0. The van der Waals surface area contributed by atoms with Crippen LogP contribution in [0, 0.1) is 5.92 Å². The predicted octanol–water partition coefficient (Wildman–Crippen LogP) is 3.98. The quantitative estimate of drug-likeness (QED) is 0.568. The summed E-state index contributed by atoms with van der Waals surface area (Å²) in [5, 5.41) is 7.15. The van der Waals surface area contributed by atoms with E-state index in [4.69, 9.17) is 4.98 Å². The topological polar surface area (TPSA) is 85.9 Å². The second-order valence-corrected chi connectivity index (χ2v) is 11.3. The number of benzene rings is 1. The van der Waals surface area contributed by atoms with Gasteiger partial charge in [0.25, 0.3) is 0 Å². The van der Waals surface area contributed by atoms with Crippen LogP contribution in [0.25, 0.3) is 11.0 Å². The zero-order valence-corrected chi connectivity index (χ0v) is 19.5. The van der Waals surface area contributed by atoms with E-state index >= 15 is 0 Å². The van der Waals surface area contributed by atoms with E-state index in [-0.39, 0.29) is 24.2 Å². The van der Waals surface area contributed by atoms with E-state index in [9.17, 15) is 17.2 Å². The number of anilines is 1. The summed E-state index contributed by atoms with van der Waals surface area (Å²) in [4.78, 5) is 4.82. The number of halogens is 2. The maximum Gasteiger partial charge on any atom is 0.346 e. The Labute approximate surface area is 186 Å². The molecule has 0 radical (unpaired) electrons. The minimum Gasteiger partial charge on any atom is -0.327 e. The molecule has 2 heterocycles. The van der Waals surface area contributed by atoms with Gasteiger partial charge in [0.15, 0.2) is 0 Å². The minimum absolute atomic E-state index is 0.0791. The van der Waals surface area contributed by atoms with Gasteiger partial charge in [-0.2, -0.15) is 8.42 Å². The summed E-state index contributed by atoms with van der Waals surface area (Å²) in [7, 11) is -2.47. The molecule has 0 bridgehead atoms. The van der Waals surface area contributed by atoms with Crippen LogP contribution in [0.5, 0.6) is 0 Å². The summed E-state index contributed by atoms with van der Waals surface area (Å²) < 4.78 is 56.8. The highest BCUT2D eigenvalue weighted by Crippen LogP contribution is 2.38. The number of hydrogen-bond acceptors (Lipinski definition) is 5. The largest absolute Gasteiger partial charge is 0.346 e. The average molecular weight is 467 g/mol. The van der Waals surface area contributed by atoms with E-state index < -0.39 is 16.1 Å². The van der Waals surface area contributed by atoms with Gasteiger partial charge >= 0.3 is 10.2 Å². The fraction of sp³-hybridized carbons (Fsp3) is 0.571. The van der Waals surface area contributed by atoms with Crippen LogP contribution in [0.15, 0.2) is 30.6 Å². The molecule has 4 rings (SSSR count). The fourth-order valence-corrected chi connectivity index (χ4v) is 5.16. The van der Waals surface area contributed by atoms with Crippen molar-refractivity contribution in [2.75, 3.05) is 11.4 Å². The van der Waals surface area contributed by atoms with Crippen molar-refractivity contribution in [2.24, 2.45) is 5.92 Å². The minimum atomic E-state index is -3.91. The lowest BCUT2D eigenvalue weighted by molar-refractivity contribution is -0.0473. The number of fused-ring (bicyclic) bond motifs is 1. The van der Waals surface area contributed by atoms with Gasteiger partial charge in [-0.25, -0.2) is 13.8 Å². The maximum atomic E-state index is 13.6. The highest BCUT2D eigenvalue weighted by Gasteiger charge is 2.36. The van der Waals surface area contributed by atoms with Gasteiger partial charge in [-0.05, 0) is 37.0 Å². The number of nitrogens with zero attached hydrogens (tertiary/aromatic N) is 6. The molecule has 0 N–H and O–H groups in total. The third-order valence-electron chi connectivity index (χ3n) is 6.03. The number of hydrogen-bond donors (Lipinski definition) is 0. The molecule has 174 valence electrons. The van der Waals surface area contributed by atoms with Gasteiger partial charge in [-0.15, -0.1) is 9.19 Å². The number of aromatic nitrogens is 5. The van der Waals surface area contributed by atoms with Gasteiger partial charge in [0.1, 0.15) is 5.82 Å². The molecule has 0 amide bonds. The molecule has 1 aliphatic rings. The number of alkyl halides is 2. The Bertz CT molecular complexity index is 1210. The number of imidazole rings is 1. The van der Waals surface area contributed by atoms with E-state index in [1.54, 1.807) is 12.1 Å². The second-order valence-electron chi connectivity index (χ2n) is 9.52. The van der Waals surface area contributed by atoms with Crippen molar-refractivity contribution in [1.29, 1.82) is 0 Å². The molecular formula is C21H28F2N6O2S. The van der Waals surface area contributed by atoms with Gasteiger partial charge in [-0.1, -0.05) is 26.0 Å². The molecule has 1 saturated carbocycles. The summed E-state index contributed by atoms with van der Waals surface area (Å²) in [6.45, 7) is 6.79. The SMILES string of the molecule is CN(c1ccc2c(c1)nc(C(C)(C)C)n2CC1CCC(F)(F)CC1)S(=O)(=O)n1ccnn1. The molecule has 8 nitrogen and oxygen atoms in total. The van der Waals surface area contributed by atoms with Crippen LogP contribution in [0.4, 0.5) is 14.5 Å². The van der Waals surface area contributed by atoms with Gasteiger partial charge < -0.3 is 4.57 Å². The van der Waals surface area contributed by atoms with Crippen molar-refractivity contribution >= 4 is 26.9 Å². The normalized spacial score (nSPS) is 17.7. The monoisotopic (exact) mass is 466 g/mol. The lowest BCUT2D eigenvalue weighted by Gasteiger charge is -2.30. The van der Waals surface area contributed by atoms with Crippen LogP contribution in [-0.4, -0.2) is 45.3 Å². The summed E-state index contributed by atoms with van der Waals surface area (Å²) in [6.07, 6.45) is 3.37. The first kappa shape index (κ1) is 22.6. The van der Waals surface area contributed by atoms with E-state index in [0.29, 0.717) is 30.6 Å². The van der Waals surface area contributed by atoms with E-state index in [1.807, 2.05) is 6.07 Å². The van der Waals surface area contributed by atoms with Crippen LogP contribution >= 0.6 is 0 Å². The maximum absolute atomic E-state index is 13.6. The first-order chi connectivity index (χ1) is 14.9. The van der Waals surface area contributed by atoms with Crippen molar-refractivity contribution in [3.63, 3.8) is 0 Å². The highest BCUT2D eigenvalue weighted by molar-refractivity contribution is 7.91. The van der Waals surface area contributed by atoms with Crippen LogP contribution in [-0.2, 0) is 22.2 Å². The molecule has 0 unspecified atom stereocenters. The summed E-state index contributed by atoms with van der Waals surface area (Å²) in [5.41, 5.74) is 1.70. The highest BCUT2D eigenvalue weighted by atomic mass is 32.2. The molecule has 0 aliphatic heterocycles. The zero-order chi connectivity index (χ0) is 23.3. The standard InChI is InChI=1S/C21H28F2N6O2S/c1-20(2,3)19-25-17-13-16(27(4)32(30,31)29-12-11-24-26-29)5-6-18(17)28(19)14-15-7-9-21(22,23)10-8-15/h5-6,11-13,15H,7-10,14H2,1-4H3. The Morgan fingerprint density at radius 1 is 1.22 bits per heavy atom. The molecule has 3 aromatic rings. The summed E-state index contributed by atoms with van der Waals surface area (Å²) in [6, 6.07) is 5.29. The van der Waals surface area contributed by atoms with Gasteiger partial charge in [0.2, 0.25) is 5.92 Å².